The molecule has 0 spiro atoms. The van der Waals surface area contributed by atoms with Crippen LogP contribution in [0.1, 0.15) is 10.4 Å². The minimum Gasteiger partial charge on any atom is -0.457 e. The average Bonchev–Trinajstić information content (AvgIpc) is 2.61. The van der Waals surface area contributed by atoms with Gasteiger partial charge in [0.05, 0.1) is 26.3 Å². The maximum atomic E-state index is 12.6. The Labute approximate surface area is 160 Å². The van der Waals surface area contributed by atoms with Crippen LogP contribution in [0.2, 0.25) is 15.1 Å². The molecule has 126 valence electrons. The molecule has 1 N–H and O–H groups in total. The molecule has 0 fully saturated rings. The molecule has 0 heterocycles. The van der Waals surface area contributed by atoms with Crippen molar-refractivity contribution in [2.75, 3.05) is 5.32 Å². The molecule has 1 amide bonds. The van der Waals surface area contributed by atoms with E-state index < -0.39 is 0 Å². The number of hydrogen-bond acceptors (Lipinski definition) is 2. The highest BCUT2D eigenvalue weighted by Gasteiger charge is 2.15. The number of ether oxygens (including phenoxy) is 1. The Morgan fingerprint density at radius 3 is 2.20 bits per heavy atom. The van der Waals surface area contributed by atoms with Gasteiger partial charge in [0.2, 0.25) is 0 Å². The number of hydrogen-bond donors (Lipinski definition) is 1. The minimum atomic E-state index is -0.369. The van der Waals surface area contributed by atoms with E-state index in [0.717, 1.165) is 0 Å². The first kappa shape index (κ1) is 17.6. The van der Waals surface area contributed by atoms with Crippen LogP contribution in [-0.4, -0.2) is 5.91 Å². The van der Waals surface area contributed by atoms with Crippen molar-refractivity contribution in [2.24, 2.45) is 0 Å². The lowest BCUT2D eigenvalue weighted by Gasteiger charge is -2.12. The molecule has 3 rings (SSSR count). The van der Waals surface area contributed by atoms with Gasteiger partial charge >= 0.3 is 0 Å². The van der Waals surface area contributed by atoms with E-state index in [-0.39, 0.29) is 5.91 Å². The van der Waals surface area contributed by atoms with Crippen LogP contribution in [-0.2, 0) is 0 Å². The predicted molar refractivity (Wildman–Crippen MR) is 102 cm³/mol. The van der Waals surface area contributed by atoms with Crippen molar-refractivity contribution in [1.82, 2.24) is 0 Å². The highest BCUT2D eigenvalue weighted by Crippen LogP contribution is 2.33. The van der Waals surface area contributed by atoms with E-state index >= 15 is 0 Å². The van der Waals surface area contributed by atoms with Crippen LogP contribution < -0.4 is 10.1 Å². The van der Waals surface area contributed by atoms with Gasteiger partial charge in [0.1, 0.15) is 11.5 Å². The number of carbonyl (C=O) groups excluding carboxylic acids is 1. The molecule has 0 saturated heterocycles. The summed E-state index contributed by atoms with van der Waals surface area (Å²) < 4.78 is 5.80. The van der Waals surface area contributed by atoms with Crippen LogP contribution in [0.5, 0.6) is 11.5 Å². The lowest BCUT2D eigenvalue weighted by molar-refractivity contribution is 0.102. The Morgan fingerprint density at radius 2 is 1.44 bits per heavy atom. The van der Waals surface area contributed by atoms with Gasteiger partial charge in [-0.3, -0.25) is 4.79 Å². The fourth-order valence-corrected chi connectivity index (χ4v) is 2.76. The van der Waals surface area contributed by atoms with Crippen LogP contribution in [0.15, 0.2) is 66.7 Å². The number of halogens is 3. The fourth-order valence-electron chi connectivity index (χ4n) is 2.17. The Morgan fingerprint density at radius 1 is 0.800 bits per heavy atom. The average molecular weight is 393 g/mol. The first-order valence-electron chi connectivity index (χ1n) is 7.32. The van der Waals surface area contributed by atoms with Crippen molar-refractivity contribution >= 4 is 46.4 Å². The van der Waals surface area contributed by atoms with Crippen molar-refractivity contribution in [3.63, 3.8) is 0 Å². The molecule has 0 aliphatic heterocycles. The van der Waals surface area contributed by atoms with E-state index in [4.69, 9.17) is 39.5 Å². The third-order valence-electron chi connectivity index (χ3n) is 3.36. The largest absolute Gasteiger partial charge is 0.457 e. The lowest BCUT2D eigenvalue weighted by Crippen LogP contribution is -2.13. The second-order valence-corrected chi connectivity index (χ2v) is 6.33. The van der Waals surface area contributed by atoms with E-state index in [2.05, 4.69) is 5.32 Å². The smallest absolute Gasteiger partial charge is 0.259 e. The molecule has 0 aromatic heterocycles. The van der Waals surface area contributed by atoms with Gasteiger partial charge in [0.15, 0.2) is 0 Å². The molecule has 0 aliphatic rings. The van der Waals surface area contributed by atoms with Gasteiger partial charge in [-0.15, -0.1) is 0 Å². The monoisotopic (exact) mass is 391 g/mol. The molecular weight excluding hydrogens is 381 g/mol. The molecule has 6 heteroatoms. The van der Waals surface area contributed by atoms with Gasteiger partial charge in [-0.05, 0) is 36.4 Å². The van der Waals surface area contributed by atoms with Gasteiger partial charge < -0.3 is 10.1 Å². The highest BCUT2D eigenvalue weighted by molar-refractivity contribution is 6.44. The summed E-state index contributed by atoms with van der Waals surface area (Å²) in [4.78, 5) is 12.6. The topological polar surface area (TPSA) is 38.3 Å². The Balaban J connectivity index is 1.87. The van der Waals surface area contributed by atoms with Crippen molar-refractivity contribution in [1.29, 1.82) is 0 Å². The van der Waals surface area contributed by atoms with Crippen LogP contribution in [0, 0.1) is 0 Å². The quantitative estimate of drug-likeness (QED) is 0.502. The third-order valence-corrected chi connectivity index (χ3v) is 4.40. The van der Waals surface area contributed by atoms with E-state index in [1.54, 1.807) is 24.3 Å². The Kier molecular flexibility index (Phi) is 5.49. The summed E-state index contributed by atoms with van der Waals surface area (Å²) in [5, 5.41) is 3.64. The van der Waals surface area contributed by atoms with Gasteiger partial charge in [0.25, 0.3) is 5.91 Å². The van der Waals surface area contributed by atoms with Crippen LogP contribution in [0.4, 0.5) is 5.69 Å². The molecule has 0 aliphatic carbocycles. The standard InChI is InChI=1S/C19H12Cl3NO2/c20-14-10-16(22)17(11-15(14)21)23-19(24)13-8-4-5-9-18(13)25-12-6-2-1-3-7-12/h1-11H,(H,23,24). The predicted octanol–water partition coefficient (Wildman–Crippen LogP) is 6.69. The van der Waals surface area contributed by atoms with Crippen LogP contribution in [0.3, 0.4) is 0 Å². The zero-order valence-electron chi connectivity index (χ0n) is 12.8. The zero-order chi connectivity index (χ0) is 17.8. The van der Waals surface area contributed by atoms with Crippen LogP contribution in [0.25, 0.3) is 0 Å². The SMILES string of the molecule is O=C(Nc1cc(Cl)c(Cl)cc1Cl)c1ccccc1Oc1ccccc1. The van der Waals surface area contributed by atoms with Crippen molar-refractivity contribution < 1.29 is 9.53 Å². The second kappa shape index (κ2) is 7.79. The molecule has 0 radical (unpaired) electrons. The summed E-state index contributed by atoms with van der Waals surface area (Å²) in [5.41, 5.74) is 0.740. The maximum Gasteiger partial charge on any atom is 0.259 e. The molecule has 3 nitrogen and oxygen atoms in total. The normalized spacial score (nSPS) is 10.4. The van der Waals surface area contributed by atoms with Crippen molar-refractivity contribution in [3.8, 4) is 11.5 Å². The number of nitrogens with one attached hydrogen (secondary N) is 1. The molecule has 0 unspecified atom stereocenters. The van der Waals surface area contributed by atoms with Crippen molar-refractivity contribution in [3.05, 3.63) is 87.4 Å². The lowest BCUT2D eigenvalue weighted by atomic mass is 10.1. The number of para-hydroxylation sites is 2. The number of benzene rings is 3. The molecule has 0 saturated carbocycles. The number of amides is 1. The van der Waals surface area contributed by atoms with E-state index in [1.807, 2.05) is 30.3 Å². The van der Waals surface area contributed by atoms with Gasteiger partial charge in [-0.25, -0.2) is 0 Å². The summed E-state index contributed by atoms with van der Waals surface area (Å²) in [5.74, 6) is 0.699. The van der Waals surface area contributed by atoms with Gasteiger partial charge in [0, 0.05) is 0 Å². The molecule has 3 aromatic rings. The first-order valence-corrected chi connectivity index (χ1v) is 8.46. The van der Waals surface area contributed by atoms with E-state index in [0.29, 0.717) is 37.8 Å². The molecule has 3 aromatic carbocycles. The maximum absolute atomic E-state index is 12.6. The Hall–Kier alpha value is -2.20. The molecule has 0 bridgehead atoms. The molecule has 0 atom stereocenters. The Bertz CT molecular complexity index is 914. The third kappa shape index (κ3) is 4.26. The number of rotatable bonds is 4. The van der Waals surface area contributed by atoms with Crippen molar-refractivity contribution in [2.45, 2.75) is 0 Å². The summed E-state index contributed by atoms with van der Waals surface area (Å²) in [7, 11) is 0. The van der Waals surface area contributed by atoms with E-state index in [9.17, 15) is 4.79 Å². The highest BCUT2D eigenvalue weighted by atomic mass is 35.5. The number of anilines is 1. The van der Waals surface area contributed by atoms with Gasteiger partial charge in [-0.2, -0.15) is 0 Å². The minimum absolute atomic E-state index is 0.296. The summed E-state index contributed by atoms with van der Waals surface area (Å²) in [6.07, 6.45) is 0. The zero-order valence-corrected chi connectivity index (χ0v) is 15.1. The number of carbonyl (C=O) groups is 1. The summed E-state index contributed by atoms with van der Waals surface area (Å²) in [6.45, 7) is 0. The van der Waals surface area contributed by atoms with E-state index in [1.165, 1.54) is 12.1 Å². The fraction of sp³-hybridized carbons (Fsp3) is 0. The first-order chi connectivity index (χ1) is 12.0. The van der Waals surface area contributed by atoms with Gasteiger partial charge in [-0.1, -0.05) is 65.1 Å². The van der Waals surface area contributed by atoms with Crippen LogP contribution >= 0.6 is 34.8 Å². The molecular formula is C19H12Cl3NO2. The summed E-state index contributed by atoms with van der Waals surface area (Å²) >= 11 is 18.0. The molecule has 25 heavy (non-hydrogen) atoms. The second-order valence-electron chi connectivity index (χ2n) is 5.11. The summed E-state index contributed by atoms with van der Waals surface area (Å²) in [6, 6.07) is 19.1.